The summed E-state index contributed by atoms with van der Waals surface area (Å²) in [6, 6.07) is 9.64. The topological polar surface area (TPSA) is 44.0 Å². The molecule has 118 valence electrons. The molecule has 1 aromatic heterocycles. The highest BCUT2D eigenvalue weighted by Gasteiger charge is 2.26. The Hall–Kier alpha value is -1.55. The average molecular weight is 298 g/mol. The summed E-state index contributed by atoms with van der Waals surface area (Å²) in [7, 11) is 0. The van der Waals surface area contributed by atoms with Crippen molar-refractivity contribution in [1.29, 1.82) is 0 Å². The number of nitrogens with one attached hydrogen (secondary N) is 2. The van der Waals surface area contributed by atoms with Gasteiger partial charge in [0.05, 0.1) is 11.0 Å². The van der Waals surface area contributed by atoms with E-state index in [1.165, 1.54) is 58.0 Å². The van der Waals surface area contributed by atoms with Crippen LogP contribution in [-0.2, 0) is 0 Å². The highest BCUT2D eigenvalue weighted by atomic mass is 15.2. The van der Waals surface area contributed by atoms with Gasteiger partial charge in [-0.05, 0) is 37.8 Å². The van der Waals surface area contributed by atoms with Gasteiger partial charge in [0.15, 0.2) is 0 Å². The van der Waals surface area contributed by atoms with Crippen molar-refractivity contribution >= 4 is 17.0 Å². The number of aromatic amines is 1. The number of hydrogen-bond donors (Lipinski definition) is 2. The van der Waals surface area contributed by atoms with Crippen LogP contribution in [0.2, 0.25) is 0 Å². The third-order valence-corrected chi connectivity index (χ3v) is 5.35. The van der Waals surface area contributed by atoms with Crippen molar-refractivity contribution in [2.75, 3.05) is 18.4 Å². The predicted molar refractivity (Wildman–Crippen MR) is 91.2 cm³/mol. The number of hydrogen-bond acceptors (Lipinski definition) is 3. The van der Waals surface area contributed by atoms with Crippen LogP contribution in [0.1, 0.15) is 44.9 Å². The summed E-state index contributed by atoms with van der Waals surface area (Å²) >= 11 is 0. The van der Waals surface area contributed by atoms with Crippen LogP contribution in [0.15, 0.2) is 24.3 Å². The minimum absolute atomic E-state index is 0.556. The molecule has 4 nitrogen and oxygen atoms in total. The fourth-order valence-electron chi connectivity index (χ4n) is 4.07. The Balaban J connectivity index is 1.33. The summed E-state index contributed by atoms with van der Waals surface area (Å²) in [5.41, 5.74) is 2.16. The molecule has 2 aromatic rings. The number of likely N-dealkylation sites (tertiary alicyclic amines) is 1. The highest BCUT2D eigenvalue weighted by molar-refractivity contribution is 5.77. The first-order valence-electron chi connectivity index (χ1n) is 8.84. The zero-order valence-electron chi connectivity index (χ0n) is 13.2. The van der Waals surface area contributed by atoms with Gasteiger partial charge in [0.2, 0.25) is 5.95 Å². The molecule has 4 rings (SSSR count). The Morgan fingerprint density at radius 2 is 1.77 bits per heavy atom. The number of piperidine rings is 1. The maximum atomic E-state index is 4.64. The van der Waals surface area contributed by atoms with E-state index in [0.717, 1.165) is 23.0 Å². The Morgan fingerprint density at radius 3 is 2.55 bits per heavy atom. The van der Waals surface area contributed by atoms with E-state index in [9.17, 15) is 0 Å². The molecular weight excluding hydrogens is 272 g/mol. The summed E-state index contributed by atoms with van der Waals surface area (Å²) in [5.74, 6) is 0.928. The van der Waals surface area contributed by atoms with E-state index < -0.39 is 0 Å². The van der Waals surface area contributed by atoms with Gasteiger partial charge in [-0.25, -0.2) is 4.98 Å². The standard InChI is InChI=1S/C18H26N4/c1-2-6-15(7-3-1)22-12-10-14(11-13-22)19-18-20-16-8-4-5-9-17(16)21-18/h4-5,8-9,14-15H,1-3,6-7,10-13H2,(H2,19,20,21). The molecule has 1 aliphatic carbocycles. The predicted octanol–water partition coefficient (Wildman–Crippen LogP) is 3.77. The van der Waals surface area contributed by atoms with E-state index in [-0.39, 0.29) is 0 Å². The number of rotatable bonds is 3. The van der Waals surface area contributed by atoms with E-state index in [1.54, 1.807) is 0 Å². The zero-order valence-corrected chi connectivity index (χ0v) is 13.2. The van der Waals surface area contributed by atoms with Crippen LogP contribution in [0, 0.1) is 0 Å². The van der Waals surface area contributed by atoms with Gasteiger partial charge in [0, 0.05) is 25.2 Å². The third-order valence-electron chi connectivity index (χ3n) is 5.35. The van der Waals surface area contributed by atoms with Gasteiger partial charge in [-0.3, -0.25) is 0 Å². The smallest absolute Gasteiger partial charge is 0.201 e. The number of H-pyrrole nitrogens is 1. The van der Waals surface area contributed by atoms with E-state index >= 15 is 0 Å². The number of nitrogens with zero attached hydrogens (tertiary/aromatic N) is 2. The lowest BCUT2D eigenvalue weighted by Crippen LogP contribution is -2.45. The molecule has 2 N–H and O–H groups in total. The first kappa shape index (κ1) is 14.1. The number of para-hydroxylation sites is 2. The Morgan fingerprint density at radius 1 is 1.00 bits per heavy atom. The van der Waals surface area contributed by atoms with Gasteiger partial charge in [0.25, 0.3) is 0 Å². The van der Waals surface area contributed by atoms with Crippen molar-refractivity contribution < 1.29 is 0 Å². The van der Waals surface area contributed by atoms with Crippen LogP contribution in [0.3, 0.4) is 0 Å². The zero-order chi connectivity index (χ0) is 14.8. The Bertz CT molecular complexity index is 573. The van der Waals surface area contributed by atoms with Gasteiger partial charge >= 0.3 is 0 Å². The number of imidazole rings is 1. The number of benzene rings is 1. The van der Waals surface area contributed by atoms with Crippen molar-refractivity contribution in [3.63, 3.8) is 0 Å². The van der Waals surface area contributed by atoms with Crippen LogP contribution in [0.25, 0.3) is 11.0 Å². The van der Waals surface area contributed by atoms with E-state index in [0.29, 0.717) is 6.04 Å². The molecule has 0 bridgehead atoms. The molecule has 4 heteroatoms. The van der Waals surface area contributed by atoms with Gasteiger partial charge in [0.1, 0.15) is 0 Å². The van der Waals surface area contributed by atoms with Gasteiger partial charge in [-0.15, -0.1) is 0 Å². The van der Waals surface area contributed by atoms with Crippen LogP contribution >= 0.6 is 0 Å². The summed E-state index contributed by atoms with van der Waals surface area (Å²) in [6.45, 7) is 2.48. The number of anilines is 1. The molecule has 2 fully saturated rings. The average Bonchev–Trinajstić information content (AvgIpc) is 2.98. The third kappa shape index (κ3) is 2.98. The van der Waals surface area contributed by atoms with Gasteiger partial charge in [-0.1, -0.05) is 31.4 Å². The van der Waals surface area contributed by atoms with Gasteiger partial charge < -0.3 is 15.2 Å². The molecular formula is C18H26N4. The molecule has 0 spiro atoms. The lowest BCUT2D eigenvalue weighted by molar-refractivity contribution is 0.126. The van der Waals surface area contributed by atoms with Crippen LogP contribution in [-0.4, -0.2) is 40.0 Å². The molecule has 2 heterocycles. The van der Waals surface area contributed by atoms with Crippen LogP contribution in [0.4, 0.5) is 5.95 Å². The molecule has 2 aliphatic rings. The molecule has 1 aromatic carbocycles. The van der Waals surface area contributed by atoms with Gasteiger partial charge in [-0.2, -0.15) is 0 Å². The highest BCUT2D eigenvalue weighted by Crippen LogP contribution is 2.26. The second-order valence-corrected chi connectivity index (χ2v) is 6.85. The van der Waals surface area contributed by atoms with Crippen LogP contribution < -0.4 is 5.32 Å². The molecule has 0 radical (unpaired) electrons. The SMILES string of the molecule is c1ccc2[nH]c(NC3CCN(C4CCCCC4)CC3)nc2c1. The summed E-state index contributed by atoms with van der Waals surface area (Å²) in [5, 5.41) is 3.60. The molecule has 0 atom stereocenters. The quantitative estimate of drug-likeness (QED) is 0.906. The lowest BCUT2D eigenvalue weighted by atomic mass is 9.92. The fourth-order valence-corrected chi connectivity index (χ4v) is 4.07. The maximum absolute atomic E-state index is 4.64. The van der Waals surface area contributed by atoms with Crippen molar-refractivity contribution in [2.24, 2.45) is 0 Å². The molecule has 1 saturated heterocycles. The normalized spacial score (nSPS) is 22.2. The fraction of sp³-hybridized carbons (Fsp3) is 0.611. The molecule has 0 unspecified atom stereocenters. The second-order valence-electron chi connectivity index (χ2n) is 6.85. The lowest BCUT2D eigenvalue weighted by Gasteiger charge is -2.39. The molecule has 22 heavy (non-hydrogen) atoms. The molecule has 0 amide bonds. The molecule has 1 aliphatic heterocycles. The largest absolute Gasteiger partial charge is 0.353 e. The second kappa shape index (κ2) is 6.29. The first-order chi connectivity index (χ1) is 10.9. The monoisotopic (exact) mass is 298 g/mol. The molecule has 1 saturated carbocycles. The number of aromatic nitrogens is 2. The summed E-state index contributed by atoms with van der Waals surface area (Å²) in [6.07, 6.45) is 9.61. The Kier molecular flexibility index (Phi) is 4.02. The van der Waals surface area contributed by atoms with Crippen molar-refractivity contribution in [2.45, 2.75) is 57.0 Å². The van der Waals surface area contributed by atoms with Crippen molar-refractivity contribution in [3.05, 3.63) is 24.3 Å². The summed E-state index contributed by atoms with van der Waals surface area (Å²) in [4.78, 5) is 10.7. The number of fused-ring (bicyclic) bond motifs is 1. The van der Waals surface area contributed by atoms with E-state index in [1.807, 2.05) is 12.1 Å². The minimum atomic E-state index is 0.556. The first-order valence-corrected chi connectivity index (χ1v) is 8.84. The van der Waals surface area contributed by atoms with E-state index in [2.05, 4.69) is 32.3 Å². The summed E-state index contributed by atoms with van der Waals surface area (Å²) < 4.78 is 0. The van der Waals surface area contributed by atoms with Crippen LogP contribution in [0.5, 0.6) is 0 Å². The maximum Gasteiger partial charge on any atom is 0.201 e. The minimum Gasteiger partial charge on any atom is -0.353 e. The Labute approximate surface area is 132 Å². The van der Waals surface area contributed by atoms with Crippen molar-refractivity contribution in [3.8, 4) is 0 Å². The van der Waals surface area contributed by atoms with E-state index in [4.69, 9.17) is 0 Å². The van der Waals surface area contributed by atoms with Crippen molar-refractivity contribution in [1.82, 2.24) is 14.9 Å².